The van der Waals surface area contributed by atoms with Gasteiger partial charge in [-0.15, -0.1) is 0 Å². The van der Waals surface area contributed by atoms with E-state index in [2.05, 4.69) is 28.8 Å². The van der Waals surface area contributed by atoms with Crippen molar-refractivity contribution in [1.29, 1.82) is 0 Å². The maximum Gasteiger partial charge on any atom is 0.129 e. The average molecular weight is 221 g/mol. The molecule has 88 valence electrons. The zero-order chi connectivity index (χ0) is 11.5. The minimum Gasteiger partial charge on any atom is -0.392 e. The third kappa shape index (κ3) is 2.33. The van der Waals surface area contributed by atoms with E-state index in [4.69, 9.17) is 5.11 Å². The largest absolute Gasteiger partial charge is 0.392 e. The molecule has 0 amide bonds. The molecule has 1 aliphatic rings. The average Bonchev–Trinajstić information content (AvgIpc) is 2.29. The monoisotopic (exact) mass is 221 g/mol. The lowest BCUT2D eigenvalue weighted by Crippen LogP contribution is -2.50. The summed E-state index contributed by atoms with van der Waals surface area (Å²) in [5.74, 6) is 0.979. The first-order chi connectivity index (χ1) is 7.70. The summed E-state index contributed by atoms with van der Waals surface area (Å²) in [4.78, 5) is 9.02. The number of likely N-dealkylation sites (N-methyl/N-ethyl adjacent to an activating group) is 1. The van der Waals surface area contributed by atoms with Crippen molar-refractivity contribution >= 4 is 5.82 Å². The summed E-state index contributed by atoms with van der Waals surface area (Å²) in [6.07, 6.45) is 1.77. The summed E-state index contributed by atoms with van der Waals surface area (Å²) in [6, 6.07) is 4.30. The summed E-state index contributed by atoms with van der Waals surface area (Å²) in [5, 5.41) is 9.11. The Morgan fingerprint density at radius 2 is 2.31 bits per heavy atom. The fraction of sp³-hybridized carbons (Fsp3) is 0.583. The van der Waals surface area contributed by atoms with Crippen LogP contribution >= 0.6 is 0 Å². The molecule has 1 aromatic heterocycles. The normalized spacial score (nSPS) is 22.4. The lowest BCUT2D eigenvalue weighted by atomic mass is 10.2. The molecule has 2 rings (SSSR count). The van der Waals surface area contributed by atoms with Crippen LogP contribution in [0.5, 0.6) is 0 Å². The highest BCUT2D eigenvalue weighted by Crippen LogP contribution is 2.18. The summed E-state index contributed by atoms with van der Waals surface area (Å²) in [5.41, 5.74) is 0.927. The molecule has 1 N–H and O–H groups in total. The number of hydrogen-bond acceptors (Lipinski definition) is 4. The molecule has 1 aliphatic heterocycles. The topological polar surface area (TPSA) is 39.6 Å². The molecule has 0 radical (unpaired) electrons. The first-order valence-electron chi connectivity index (χ1n) is 5.71. The van der Waals surface area contributed by atoms with E-state index in [1.54, 1.807) is 6.20 Å². The van der Waals surface area contributed by atoms with Gasteiger partial charge in [-0.25, -0.2) is 4.98 Å². The number of aliphatic hydroxyl groups excluding tert-OH is 1. The van der Waals surface area contributed by atoms with Crippen LogP contribution in [0.3, 0.4) is 0 Å². The van der Waals surface area contributed by atoms with Crippen LogP contribution in [0.2, 0.25) is 0 Å². The summed E-state index contributed by atoms with van der Waals surface area (Å²) in [7, 11) is 2.14. The van der Waals surface area contributed by atoms with E-state index in [0.29, 0.717) is 6.04 Å². The van der Waals surface area contributed by atoms with Crippen molar-refractivity contribution in [1.82, 2.24) is 9.88 Å². The van der Waals surface area contributed by atoms with E-state index < -0.39 is 0 Å². The van der Waals surface area contributed by atoms with Crippen molar-refractivity contribution in [3.63, 3.8) is 0 Å². The van der Waals surface area contributed by atoms with Crippen molar-refractivity contribution in [2.45, 2.75) is 19.6 Å². The Kier molecular flexibility index (Phi) is 3.41. The Morgan fingerprint density at radius 1 is 1.50 bits per heavy atom. The van der Waals surface area contributed by atoms with Crippen molar-refractivity contribution in [2.24, 2.45) is 0 Å². The van der Waals surface area contributed by atoms with E-state index in [1.807, 2.05) is 12.1 Å². The molecule has 4 heteroatoms. The number of piperazine rings is 1. The van der Waals surface area contributed by atoms with E-state index in [9.17, 15) is 0 Å². The predicted octanol–water partition coefficient (Wildman–Crippen LogP) is 0.714. The summed E-state index contributed by atoms with van der Waals surface area (Å²) >= 11 is 0. The van der Waals surface area contributed by atoms with Crippen LogP contribution in [0.15, 0.2) is 18.3 Å². The van der Waals surface area contributed by atoms with Gasteiger partial charge in [0.2, 0.25) is 0 Å². The zero-order valence-corrected chi connectivity index (χ0v) is 9.93. The van der Waals surface area contributed by atoms with Gasteiger partial charge in [-0.3, -0.25) is 0 Å². The van der Waals surface area contributed by atoms with Gasteiger partial charge < -0.3 is 14.9 Å². The van der Waals surface area contributed by atoms with Gasteiger partial charge in [-0.05, 0) is 31.7 Å². The Hall–Kier alpha value is -1.13. The Balaban J connectivity index is 2.16. The minimum absolute atomic E-state index is 0.0810. The number of aliphatic hydroxyl groups is 1. The standard InChI is InChI=1S/C12H19N3O/c1-10-8-14(2)5-6-15(10)12-7-11(9-16)3-4-13-12/h3-4,7,10,16H,5-6,8-9H2,1-2H3. The molecule has 2 heterocycles. The maximum atomic E-state index is 9.11. The van der Waals surface area contributed by atoms with Crippen LogP contribution in [-0.2, 0) is 6.61 Å². The molecular weight excluding hydrogens is 202 g/mol. The third-order valence-electron chi connectivity index (χ3n) is 3.12. The lowest BCUT2D eigenvalue weighted by Gasteiger charge is -2.39. The fourth-order valence-corrected chi connectivity index (χ4v) is 2.20. The second-order valence-corrected chi connectivity index (χ2v) is 4.49. The van der Waals surface area contributed by atoms with Gasteiger partial charge in [0.25, 0.3) is 0 Å². The summed E-state index contributed by atoms with van der Waals surface area (Å²) in [6.45, 7) is 5.42. The van der Waals surface area contributed by atoms with Gasteiger partial charge in [0.05, 0.1) is 6.61 Å². The minimum atomic E-state index is 0.0810. The lowest BCUT2D eigenvalue weighted by molar-refractivity contribution is 0.273. The predicted molar refractivity (Wildman–Crippen MR) is 64.5 cm³/mol. The first kappa shape index (κ1) is 11.4. The van der Waals surface area contributed by atoms with Crippen molar-refractivity contribution in [3.05, 3.63) is 23.9 Å². The van der Waals surface area contributed by atoms with Gasteiger partial charge in [-0.2, -0.15) is 0 Å². The molecule has 0 aromatic carbocycles. The van der Waals surface area contributed by atoms with E-state index >= 15 is 0 Å². The van der Waals surface area contributed by atoms with Crippen LogP contribution in [-0.4, -0.2) is 47.7 Å². The molecule has 1 atom stereocenters. The van der Waals surface area contributed by atoms with E-state index in [0.717, 1.165) is 31.0 Å². The molecule has 1 saturated heterocycles. The highest BCUT2D eigenvalue weighted by Gasteiger charge is 2.22. The van der Waals surface area contributed by atoms with Crippen molar-refractivity contribution in [2.75, 3.05) is 31.6 Å². The van der Waals surface area contributed by atoms with Crippen LogP contribution in [0.4, 0.5) is 5.82 Å². The number of aromatic nitrogens is 1. The quantitative estimate of drug-likeness (QED) is 0.798. The summed E-state index contributed by atoms with van der Waals surface area (Å²) < 4.78 is 0. The van der Waals surface area contributed by atoms with Gasteiger partial charge in [-0.1, -0.05) is 0 Å². The number of rotatable bonds is 2. The fourth-order valence-electron chi connectivity index (χ4n) is 2.20. The number of anilines is 1. The number of hydrogen-bond donors (Lipinski definition) is 1. The smallest absolute Gasteiger partial charge is 0.129 e. The van der Waals surface area contributed by atoms with Gasteiger partial charge in [0.15, 0.2) is 0 Å². The van der Waals surface area contributed by atoms with Gasteiger partial charge in [0, 0.05) is 31.9 Å². The number of pyridine rings is 1. The Morgan fingerprint density at radius 3 is 3.00 bits per heavy atom. The highest BCUT2D eigenvalue weighted by atomic mass is 16.3. The molecule has 4 nitrogen and oxygen atoms in total. The van der Waals surface area contributed by atoms with Crippen molar-refractivity contribution in [3.8, 4) is 0 Å². The second kappa shape index (κ2) is 4.80. The number of nitrogens with zero attached hydrogens (tertiary/aromatic N) is 3. The highest BCUT2D eigenvalue weighted by molar-refractivity contribution is 5.42. The molecule has 1 unspecified atom stereocenters. The van der Waals surface area contributed by atoms with Crippen LogP contribution in [0.25, 0.3) is 0 Å². The van der Waals surface area contributed by atoms with Gasteiger partial charge >= 0.3 is 0 Å². The maximum absolute atomic E-state index is 9.11. The third-order valence-corrected chi connectivity index (χ3v) is 3.12. The Labute approximate surface area is 96.5 Å². The first-order valence-corrected chi connectivity index (χ1v) is 5.71. The van der Waals surface area contributed by atoms with E-state index in [-0.39, 0.29) is 6.61 Å². The van der Waals surface area contributed by atoms with Crippen LogP contribution < -0.4 is 4.90 Å². The zero-order valence-electron chi connectivity index (χ0n) is 9.93. The second-order valence-electron chi connectivity index (χ2n) is 4.49. The molecule has 0 bridgehead atoms. The van der Waals surface area contributed by atoms with Crippen LogP contribution in [0.1, 0.15) is 12.5 Å². The van der Waals surface area contributed by atoms with E-state index in [1.165, 1.54) is 0 Å². The molecular formula is C12H19N3O. The SMILES string of the molecule is CC1CN(C)CCN1c1cc(CO)ccn1. The molecule has 0 saturated carbocycles. The Bertz CT molecular complexity index is 356. The van der Waals surface area contributed by atoms with Crippen molar-refractivity contribution < 1.29 is 5.11 Å². The van der Waals surface area contributed by atoms with Crippen LogP contribution in [0, 0.1) is 0 Å². The molecule has 1 aromatic rings. The van der Waals surface area contributed by atoms with Gasteiger partial charge in [0.1, 0.15) is 5.82 Å². The molecule has 0 spiro atoms. The molecule has 0 aliphatic carbocycles. The molecule has 16 heavy (non-hydrogen) atoms. The molecule has 1 fully saturated rings.